The van der Waals surface area contributed by atoms with Crippen LogP contribution in [0.15, 0.2) is 16.7 Å². The molecule has 1 fully saturated rings. The molecule has 1 unspecified atom stereocenters. The summed E-state index contributed by atoms with van der Waals surface area (Å²) in [4.78, 5) is 15.8. The van der Waals surface area contributed by atoms with E-state index in [4.69, 9.17) is 14.2 Å². The van der Waals surface area contributed by atoms with Crippen molar-refractivity contribution in [3.63, 3.8) is 0 Å². The molecule has 1 aromatic rings. The topological polar surface area (TPSA) is 69.7 Å². The van der Waals surface area contributed by atoms with Crippen LogP contribution in [0.3, 0.4) is 0 Å². The Bertz CT molecular complexity index is 464. The second kappa shape index (κ2) is 7.56. The predicted molar refractivity (Wildman–Crippen MR) is 76.9 cm³/mol. The smallest absolute Gasteiger partial charge is 0.341 e. The second-order valence-electron chi connectivity index (χ2n) is 4.32. The first-order valence-electron chi connectivity index (χ1n) is 6.38. The van der Waals surface area contributed by atoms with Crippen LogP contribution in [-0.2, 0) is 14.2 Å². The number of aromatic nitrogens is 1. The lowest BCUT2D eigenvalue weighted by Crippen LogP contribution is -2.19. The van der Waals surface area contributed by atoms with Crippen molar-refractivity contribution in [3.8, 4) is 0 Å². The first-order valence-corrected chi connectivity index (χ1v) is 7.17. The van der Waals surface area contributed by atoms with Crippen LogP contribution in [0.25, 0.3) is 0 Å². The van der Waals surface area contributed by atoms with E-state index < -0.39 is 5.97 Å². The molecule has 0 aromatic carbocycles. The highest BCUT2D eigenvalue weighted by Gasteiger charge is 2.16. The molecule has 0 radical (unpaired) electrons. The van der Waals surface area contributed by atoms with E-state index in [1.54, 1.807) is 12.3 Å². The summed E-state index contributed by atoms with van der Waals surface area (Å²) in [5.74, 6) is 0.0673. The predicted octanol–water partition coefficient (Wildman–Crippen LogP) is 1.85. The van der Waals surface area contributed by atoms with Crippen LogP contribution in [0, 0.1) is 0 Å². The Morgan fingerprint density at radius 2 is 2.50 bits per heavy atom. The number of nitrogens with zero attached hydrogens (tertiary/aromatic N) is 1. The largest absolute Gasteiger partial charge is 0.465 e. The number of methoxy groups -OCH3 is 1. The SMILES string of the molecule is COC(=O)c1cc(Br)cnc1NCCOC1CCOC1. The molecule has 0 amide bonds. The number of hydrogen-bond acceptors (Lipinski definition) is 6. The Morgan fingerprint density at radius 3 is 3.20 bits per heavy atom. The number of anilines is 1. The van der Waals surface area contributed by atoms with Gasteiger partial charge >= 0.3 is 5.97 Å². The number of halogens is 1. The van der Waals surface area contributed by atoms with Gasteiger partial charge in [0, 0.05) is 23.8 Å². The summed E-state index contributed by atoms with van der Waals surface area (Å²) in [5.41, 5.74) is 0.395. The van der Waals surface area contributed by atoms with E-state index in [-0.39, 0.29) is 6.10 Å². The maximum atomic E-state index is 11.7. The Balaban J connectivity index is 1.86. The van der Waals surface area contributed by atoms with E-state index in [1.165, 1.54) is 7.11 Å². The van der Waals surface area contributed by atoms with Gasteiger partial charge < -0.3 is 19.5 Å². The molecule has 0 bridgehead atoms. The van der Waals surface area contributed by atoms with Crippen LogP contribution in [0.5, 0.6) is 0 Å². The minimum Gasteiger partial charge on any atom is -0.465 e. The lowest BCUT2D eigenvalue weighted by molar-refractivity contribution is 0.0488. The standard InChI is InChI=1S/C13H17BrN2O4/c1-18-13(17)11-6-9(14)7-16-12(11)15-3-5-20-10-2-4-19-8-10/h6-7,10H,2-5,8H2,1H3,(H,15,16). The monoisotopic (exact) mass is 344 g/mol. The number of carbonyl (C=O) groups excluding carboxylic acids is 1. The van der Waals surface area contributed by atoms with Gasteiger partial charge in [0.15, 0.2) is 0 Å². The molecule has 1 saturated heterocycles. The number of rotatable bonds is 6. The van der Waals surface area contributed by atoms with E-state index in [0.29, 0.717) is 31.1 Å². The number of nitrogens with one attached hydrogen (secondary N) is 1. The Kier molecular flexibility index (Phi) is 5.75. The molecule has 2 heterocycles. The van der Waals surface area contributed by atoms with Crippen LogP contribution in [0.2, 0.25) is 0 Å². The quantitative estimate of drug-likeness (QED) is 0.627. The molecule has 1 N–H and O–H groups in total. The van der Waals surface area contributed by atoms with E-state index in [2.05, 4.69) is 26.2 Å². The molecular formula is C13H17BrN2O4. The summed E-state index contributed by atoms with van der Waals surface area (Å²) in [6.07, 6.45) is 2.74. The number of pyridine rings is 1. The van der Waals surface area contributed by atoms with Crippen molar-refractivity contribution in [3.05, 3.63) is 22.3 Å². The zero-order valence-corrected chi connectivity index (χ0v) is 12.8. The highest BCUT2D eigenvalue weighted by atomic mass is 79.9. The Hall–Kier alpha value is -1.18. The molecule has 1 aromatic heterocycles. The lowest BCUT2D eigenvalue weighted by Gasteiger charge is -2.12. The van der Waals surface area contributed by atoms with E-state index in [0.717, 1.165) is 17.5 Å². The van der Waals surface area contributed by atoms with Crippen molar-refractivity contribution in [2.75, 3.05) is 38.8 Å². The summed E-state index contributed by atoms with van der Waals surface area (Å²) in [6.45, 7) is 2.52. The number of carbonyl (C=O) groups is 1. The molecule has 1 aliphatic rings. The molecule has 0 spiro atoms. The maximum absolute atomic E-state index is 11.7. The molecule has 2 rings (SSSR count). The first kappa shape index (κ1) is 15.2. The van der Waals surface area contributed by atoms with Crippen molar-refractivity contribution in [1.29, 1.82) is 0 Å². The Morgan fingerprint density at radius 1 is 1.65 bits per heavy atom. The molecule has 0 saturated carbocycles. The third-order valence-electron chi connectivity index (χ3n) is 2.90. The van der Waals surface area contributed by atoms with Crippen molar-refractivity contribution >= 4 is 27.7 Å². The van der Waals surface area contributed by atoms with E-state index in [1.807, 2.05) is 0 Å². The van der Waals surface area contributed by atoms with Gasteiger partial charge in [-0.2, -0.15) is 0 Å². The third-order valence-corrected chi connectivity index (χ3v) is 3.33. The van der Waals surface area contributed by atoms with Crippen LogP contribution >= 0.6 is 15.9 Å². The zero-order chi connectivity index (χ0) is 14.4. The second-order valence-corrected chi connectivity index (χ2v) is 5.24. The molecule has 6 nitrogen and oxygen atoms in total. The van der Waals surface area contributed by atoms with Gasteiger partial charge in [-0.3, -0.25) is 0 Å². The summed E-state index contributed by atoms with van der Waals surface area (Å²) in [6, 6.07) is 1.67. The van der Waals surface area contributed by atoms with Crippen molar-refractivity contribution in [2.24, 2.45) is 0 Å². The fourth-order valence-corrected chi connectivity index (χ4v) is 2.22. The van der Waals surface area contributed by atoms with Gasteiger partial charge in [0.2, 0.25) is 0 Å². The zero-order valence-electron chi connectivity index (χ0n) is 11.2. The van der Waals surface area contributed by atoms with Crippen LogP contribution in [-0.4, -0.2) is 50.5 Å². The van der Waals surface area contributed by atoms with Gasteiger partial charge in [-0.15, -0.1) is 0 Å². The van der Waals surface area contributed by atoms with Gasteiger partial charge in [0.1, 0.15) is 11.4 Å². The molecule has 20 heavy (non-hydrogen) atoms. The minimum absolute atomic E-state index is 0.176. The first-order chi connectivity index (χ1) is 9.70. The van der Waals surface area contributed by atoms with Gasteiger partial charge in [0.05, 0.1) is 26.4 Å². The van der Waals surface area contributed by atoms with Gasteiger partial charge in [-0.05, 0) is 28.4 Å². The number of hydrogen-bond donors (Lipinski definition) is 1. The van der Waals surface area contributed by atoms with Crippen LogP contribution in [0.1, 0.15) is 16.8 Å². The highest BCUT2D eigenvalue weighted by Crippen LogP contribution is 2.18. The van der Waals surface area contributed by atoms with Gasteiger partial charge in [0.25, 0.3) is 0 Å². The fraction of sp³-hybridized carbons (Fsp3) is 0.538. The molecule has 1 atom stereocenters. The summed E-state index contributed by atoms with van der Waals surface area (Å²) in [7, 11) is 1.34. The normalized spacial score (nSPS) is 18.0. The lowest BCUT2D eigenvalue weighted by atomic mass is 10.2. The maximum Gasteiger partial charge on any atom is 0.341 e. The van der Waals surface area contributed by atoms with E-state index >= 15 is 0 Å². The summed E-state index contributed by atoms with van der Waals surface area (Å²) >= 11 is 3.28. The molecular weight excluding hydrogens is 328 g/mol. The third kappa shape index (κ3) is 4.16. The van der Waals surface area contributed by atoms with Gasteiger partial charge in [-0.25, -0.2) is 9.78 Å². The van der Waals surface area contributed by atoms with Crippen LogP contribution < -0.4 is 5.32 Å². The van der Waals surface area contributed by atoms with Crippen molar-refractivity contribution in [1.82, 2.24) is 4.98 Å². The van der Waals surface area contributed by atoms with Crippen molar-refractivity contribution < 1.29 is 19.0 Å². The van der Waals surface area contributed by atoms with Crippen LogP contribution in [0.4, 0.5) is 5.82 Å². The average molecular weight is 345 g/mol. The molecule has 1 aliphatic heterocycles. The molecule has 110 valence electrons. The summed E-state index contributed by atoms with van der Waals surface area (Å²) < 4.78 is 16.3. The molecule has 0 aliphatic carbocycles. The van der Waals surface area contributed by atoms with Gasteiger partial charge in [-0.1, -0.05) is 0 Å². The minimum atomic E-state index is -0.425. The number of ether oxygens (including phenoxy) is 3. The number of esters is 1. The molecule has 7 heteroatoms. The average Bonchev–Trinajstić information content (AvgIpc) is 2.97. The Labute approximate surface area is 125 Å². The van der Waals surface area contributed by atoms with E-state index in [9.17, 15) is 4.79 Å². The van der Waals surface area contributed by atoms with Crippen molar-refractivity contribution in [2.45, 2.75) is 12.5 Å². The fourth-order valence-electron chi connectivity index (χ4n) is 1.89. The highest BCUT2D eigenvalue weighted by molar-refractivity contribution is 9.10. The summed E-state index contributed by atoms with van der Waals surface area (Å²) in [5, 5.41) is 3.08.